The molecule has 22 heavy (non-hydrogen) atoms. The third kappa shape index (κ3) is 5.02. The van der Waals surface area contributed by atoms with Gasteiger partial charge < -0.3 is 10.1 Å². The van der Waals surface area contributed by atoms with Gasteiger partial charge in [-0.15, -0.1) is 0 Å². The van der Waals surface area contributed by atoms with Crippen LogP contribution in [0.3, 0.4) is 0 Å². The van der Waals surface area contributed by atoms with Crippen molar-refractivity contribution >= 4 is 23.5 Å². The Labute approximate surface area is 136 Å². The van der Waals surface area contributed by atoms with Crippen LogP contribution in [0.2, 0.25) is 5.02 Å². The lowest BCUT2D eigenvalue weighted by Crippen LogP contribution is -2.42. The minimum Gasteiger partial charge on any atom is -0.455 e. The number of nitrogens with one attached hydrogen (secondary N) is 1. The first-order chi connectivity index (χ1) is 10.6. The minimum absolute atomic E-state index is 0.0762. The van der Waals surface area contributed by atoms with Crippen molar-refractivity contribution in [3.05, 3.63) is 34.9 Å². The normalized spacial score (nSPS) is 21.2. The van der Waals surface area contributed by atoms with Crippen LogP contribution in [0.1, 0.15) is 38.2 Å². The summed E-state index contributed by atoms with van der Waals surface area (Å²) in [7, 11) is 0. The molecule has 0 aromatic heterocycles. The maximum Gasteiger partial charge on any atom is 0.310 e. The molecule has 2 unspecified atom stereocenters. The summed E-state index contributed by atoms with van der Waals surface area (Å²) in [6.07, 6.45) is 4.58. The fourth-order valence-corrected chi connectivity index (χ4v) is 2.98. The second-order valence-corrected chi connectivity index (χ2v) is 6.27. The zero-order valence-electron chi connectivity index (χ0n) is 12.8. The first-order valence-corrected chi connectivity index (χ1v) is 8.12. The average Bonchev–Trinajstić information content (AvgIpc) is 2.50. The zero-order chi connectivity index (χ0) is 15.9. The van der Waals surface area contributed by atoms with Gasteiger partial charge >= 0.3 is 5.97 Å². The third-order valence-electron chi connectivity index (χ3n) is 4.11. The van der Waals surface area contributed by atoms with Crippen LogP contribution < -0.4 is 5.32 Å². The number of halogens is 1. The highest BCUT2D eigenvalue weighted by Crippen LogP contribution is 2.23. The molecule has 0 spiro atoms. The first-order valence-electron chi connectivity index (χ1n) is 7.74. The molecule has 1 aromatic rings. The highest BCUT2D eigenvalue weighted by molar-refractivity contribution is 6.31. The maximum absolute atomic E-state index is 11.9. The Hall–Kier alpha value is -1.55. The van der Waals surface area contributed by atoms with Crippen molar-refractivity contribution < 1.29 is 14.3 Å². The van der Waals surface area contributed by atoms with Gasteiger partial charge in [-0.05, 0) is 30.4 Å². The summed E-state index contributed by atoms with van der Waals surface area (Å²) >= 11 is 5.99. The zero-order valence-corrected chi connectivity index (χ0v) is 13.6. The van der Waals surface area contributed by atoms with Crippen LogP contribution >= 0.6 is 11.6 Å². The molecule has 1 N–H and O–H groups in total. The number of carbonyl (C=O) groups excluding carboxylic acids is 2. The lowest BCUT2D eigenvalue weighted by atomic mass is 9.86. The van der Waals surface area contributed by atoms with Crippen LogP contribution in [-0.2, 0) is 20.7 Å². The second kappa shape index (κ2) is 8.18. The van der Waals surface area contributed by atoms with E-state index in [0.29, 0.717) is 16.5 Å². The lowest BCUT2D eigenvalue weighted by Gasteiger charge is -2.29. The number of esters is 1. The molecule has 5 heteroatoms. The van der Waals surface area contributed by atoms with Gasteiger partial charge in [0, 0.05) is 11.1 Å². The summed E-state index contributed by atoms with van der Waals surface area (Å²) in [5.74, 6) is -0.192. The van der Waals surface area contributed by atoms with E-state index in [4.69, 9.17) is 16.3 Å². The molecule has 2 atom stereocenters. The number of ether oxygens (including phenoxy) is 1. The highest BCUT2D eigenvalue weighted by atomic mass is 35.5. The van der Waals surface area contributed by atoms with E-state index in [9.17, 15) is 9.59 Å². The van der Waals surface area contributed by atoms with Gasteiger partial charge in [0.05, 0.1) is 6.42 Å². The van der Waals surface area contributed by atoms with Gasteiger partial charge in [0.25, 0.3) is 5.91 Å². The molecule has 0 aliphatic heterocycles. The van der Waals surface area contributed by atoms with Gasteiger partial charge in [-0.25, -0.2) is 0 Å². The molecular formula is C17H22ClNO3. The van der Waals surface area contributed by atoms with Gasteiger partial charge in [-0.1, -0.05) is 49.6 Å². The van der Waals surface area contributed by atoms with Gasteiger partial charge in [-0.3, -0.25) is 9.59 Å². The van der Waals surface area contributed by atoms with E-state index in [1.54, 1.807) is 18.2 Å². The first kappa shape index (κ1) is 16.8. The number of benzene rings is 1. The smallest absolute Gasteiger partial charge is 0.310 e. The van der Waals surface area contributed by atoms with Gasteiger partial charge in [0.2, 0.25) is 0 Å². The molecule has 1 aliphatic rings. The number of carbonyl (C=O) groups is 2. The molecule has 2 rings (SSSR count). The molecule has 120 valence electrons. The summed E-state index contributed by atoms with van der Waals surface area (Å²) in [5.41, 5.74) is 0.704. The predicted molar refractivity (Wildman–Crippen MR) is 85.7 cm³/mol. The summed E-state index contributed by atoms with van der Waals surface area (Å²) in [4.78, 5) is 23.6. The SMILES string of the molecule is CC1CCCCC1NC(=O)COC(=O)Cc1ccccc1Cl. The van der Waals surface area contributed by atoms with Crippen LogP contribution in [0.4, 0.5) is 0 Å². The Bertz CT molecular complexity index is 532. The van der Waals surface area contributed by atoms with Crippen molar-refractivity contribution in [2.75, 3.05) is 6.61 Å². The van der Waals surface area contributed by atoms with Crippen molar-refractivity contribution in [1.82, 2.24) is 5.32 Å². The van der Waals surface area contributed by atoms with Crippen molar-refractivity contribution in [3.63, 3.8) is 0 Å². The fraction of sp³-hybridized carbons (Fsp3) is 0.529. The molecule has 1 aromatic carbocycles. The van der Waals surface area contributed by atoms with Crippen molar-refractivity contribution in [2.45, 2.75) is 45.1 Å². The second-order valence-electron chi connectivity index (χ2n) is 5.86. The average molecular weight is 324 g/mol. The van der Waals surface area contributed by atoms with Crippen LogP contribution in [0.25, 0.3) is 0 Å². The number of hydrogen-bond acceptors (Lipinski definition) is 3. The summed E-state index contributed by atoms with van der Waals surface area (Å²) in [5, 5.41) is 3.48. The molecule has 1 amide bonds. The summed E-state index contributed by atoms with van der Waals surface area (Å²) in [6, 6.07) is 7.31. The maximum atomic E-state index is 11.9. The number of hydrogen-bond donors (Lipinski definition) is 1. The fourth-order valence-electron chi connectivity index (χ4n) is 2.77. The lowest BCUT2D eigenvalue weighted by molar-refractivity contribution is -0.148. The molecule has 1 aliphatic carbocycles. The van der Waals surface area contributed by atoms with E-state index >= 15 is 0 Å². The highest BCUT2D eigenvalue weighted by Gasteiger charge is 2.23. The van der Waals surface area contributed by atoms with Crippen LogP contribution in [0.15, 0.2) is 24.3 Å². The van der Waals surface area contributed by atoms with Crippen LogP contribution in [-0.4, -0.2) is 24.5 Å². The van der Waals surface area contributed by atoms with Crippen molar-refractivity contribution in [2.24, 2.45) is 5.92 Å². The Balaban J connectivity index is 1.74. The third-order valence-corrected chi connectivity index (χ3v) is 4.48. The van der Waals surface area contributed by atoms with E-state index in [0.717, 1.165) is 19.3 Å². The monoisotopic (exact) mass is 323 g/mol. The molecule has 1 fully saturated rings. The van der Waals surface area contributed by atoms with E-state index in [2.05, 4.69) is 12.2 Å². The van der Waals surface area contributed by atoms with Crippen LogP contribution in [0, 0.1) is 5.92 Å². The van der Waals surface area contributed by atoms with Gasteiger partial charge in [0.1, 0.15) is 0 Å². The van der Waals surface area contributed by atoms with E-state index < -0.39 is 5.97 Å². The standard InChI is InChI=1S/C17H22ClNO3/c1-12-6-2-5-9-15(12)19-16(20)11-22-17(21)10-13-7-3-4-8-14(13)18/h3-4,7-8,12,15H,2,5-6,9-11H2,1H3,(H,19,20). The number of rotatable bonds is 5. The molecule has 0 saturated heterocycles. The van der Waals surface area contributed by atoms with Crippen molar-refractivity contribution in [1.29, 1.82) is 0 Å². The van der Waals surface area contributed by atoms with Gasteiger partial charge in [-0.2, -0.15) is 0 Å². The molecule has 4 nitrogen and oxygen atoms in total. The van der Waals surface area contributed by atoms with Crippen molar-refractivity contribution in [3.8, 4) is 0 Å². The Morgan fingerprint density at radius 2 is 2.00 bits per heavy atom. The summed E-state index contributed by atoms with van der Waals surface area (Å²) in [6.45, 7) is 1.92. The Kier molecular flexibility index (Phi) is 6.25. The van der Waals surface area contributed by atoms with E-state index in [1.165, 1.54) is 6.42 Å². The van der Waals surface area contributed by atoms with E-state index in [1.807, 2.05) is 6.07 Å². The largest absolute Gasteiger partial charge is 0.455 e. The quantitative estimate of drug-likeness (QED) is 0.847. The molecule has 0 radical (unpaired) electrons. The van der Waals surface area contributed by atoms with E-state index in [-0.39, 0.29) is 25.0 Å². The molecule has 1 saturated carbocycles. The molecular weight excluding hydrogens is 302 g/mol. The topological polar surface area (TPSA) is 55.4 Å². The number of amides is 1. The molecule has 0 heterocycles. The predicted octanol–water partition coefficient (Wildman–Crippen LogP) is 3.12. The Morgan fingerprint density at radius 3 is 2.73 bits per heavy atom. The minimum atomic E-state index is -0.444. The molecule has 0 bridgehead atoms. The van der Waals surface area contributed by atoms with Crippen LogP contribution in [0.5, 0.6) is 0 Å². The van der Waals surface area contributed by atoms with Gasteiger partial charge in [0.15, 0.2) is 6.61 Å². The summed E-state index contributed by atoms with van der Waals surface area (Å²) < 4.78 is 5.03. The Morgan fingerprint density at radius 1 is 1.27 bits per heavy atom.